The lowest BCUT2D eigenvalue weighted by Crippen LogP contribution is -2.42. The zero-order chi connectivity index (χ0) is 15.9. The predicted molar refractivity (Wildman–Crippen MR) is 89.6 cm³/mol. The Labute approximate surface area is 134 Å². The van der Waals surface area contributed by atoms with E-state index in [9.17, 15) is 4.79 Å². The smallest absolute Gasteiger partial charge is 0.225 e. The number of carbonyl (C=O) groups is 1. The van der Waals surface area contributed by atoms with Crippen LogP contribution in [0.4, 0.5) is 0 Å². The van der Waals surface area contributed by atoms with Gasteiger partial charge in [-0.05, 0) is 37.2 Å². The zero-order valence-electron chi connectivity index (χ0n) is 14.1. The Bertz CT molecular complexity index is 448. The van der Waals surface area contributed by atoms with Crippen molar-refractivity contribution < 1.29 is 9.53 Å². The van der Waals surface area contributed by atoms with E-state index in [4.69, 9.17) is 4.74 Å². The summed E-state index contributed by atoms with van der Waals surface area (Å²) in [6.45, 7) is 5.95. The van der Waals surface area contributed by atoms with Crippen LogP contribution in [0, 0.1) is 11.8 Å². The lowest BCUT2D eigenvalue weighted by atomic mass is 9.86. The molecule has 1 atom stereocenters. The van der Waals surface area contributed by atoms with Crippen LogP contribution in [0.1, 0.15) is 51.2 Å². The summed E-state index contributed by atoms with van der Waals surface area (Å²) >= 11 is 0. The number of hydrogen-bond acceptors (Lipinski definition) is 2. The van der Waals surface area contributed by atoms with Crippen LogP contribution < -0.4 is 0 Å². The lowest BCUT2D eigenvalue weighted by Gasteiger charge is -2.37. The summed E-state index contributed by atoms with van der Waals surface area (Å²) < 4.78 is 5.76. The number of likely N-dealkylation sites (tertiary alicyclic amines) is 1. The molecule has 2 rings (SSSR count). The minimum absolute atomic E-state index is 0.145. The van der Waals surface area contributed by atoms with Crippen LogP contribution in [0.2, 0.25) is 0 Å². The summed E-state index contributed by atoms with van der Waals surface area (Å²) in [6.07, 6.45) is 4.09. The molecule has 1 amide bonds. The Kier molecular flexibility index (Phi) is 6.44. The van der Waals surface area contributed by atoms with Gasteiger partial charge in [-0.25, -0.2) is 0 Å². The molecule has 0 aliphatic carbocycles. The molecular formula is C19H29NO2. The Morgan fingerprint density at radius 2 is 1.77 bits per heavy atom. The van der Waals surface area contributed by atoms with Crippen LogP contribution in [-0.4, -0.2) is 31.0 Å². The fourth-order valence-corrected chi connectivity index (χ4v) is 3.56. The van der Waals surface area contributed by atoms with Crippen molar-refractivity contribution in [2.45, 2.75) is 45.6 Å². The third-order valence-corrected chi connectivity index (χ3v) is 5.00. The highest BCUT2D eigenvalue weighted by atomic mass is 16.5. The second-order valence-corrected chi connectivity index (χ2v) is 6.24. The van der Waals surface area contributed by atoms with Gasteiger partial charge in [0.25, 0.3) is 0 Å². The molecule has 122 valence electrons. The van der Waals surface area contributed by atoms with Crippen LogP contribution in [-0.2, 0) is 9.53 Å². The maximum Gasteiger partial charge on any atom is 0.225 e. The molecule has 0 saturated carbocycles. The number of carbonyl (C=O) groups excluding carboxylic acids is 1. The van der Waals surface area contributed by atoms with E-state index in [1.54, 1.807) is 7.11 Å². The van der Waals surface area contributed by atoms with Crippen molar-refractivity contribution in [3.63, 3.8) is 0 Å². The zero-order valence-corrected chi connectivity index (χ0v) is 14.1. The number of methoxy groups -OCH3 is 1. The first-order chi connectivity index (χ1) is 10.7. The summed E-state index contributed by atoms with van der Waals surface area (Å²) in [5.74, 6) is 1.04. The highest BCUT2D eigenvalue weighted by Gasteiger charge is 2.31. The number of piperidine rings is 1. The monoisotopic (exact) mass is 303 g/mol. The van der Waals surface area contributed by atoms with Crippen molar-refractivity contribution in [1.82, 2.24) is 4.90 Å². The molecule has 22 heavy (non-hydrogen) atoms. The first kappa shape index (κ1) is 17.0. The van der Waals surface area contributed by atoms with Gasteiger partial charge in [0, 0.05) is 26.1 Å². The van der Waals surface area contributed by atoms with Gasteiger partial charge in [-0.1, -0.05) is 44.2 Å². The van der Waals surface area contributed by atoms with Crippen molar-refractivity contribution in [2.24, 2.45) is 11.8 Å². The minimum atomic E-state index is 0.145. The topological polar surface area (TPSA) is 29.5 Å². The SMILES string of the molecule is CCC(CC)C(=O)N1CCC(C(OC)c2ccccc2)CC1. The van der Waals surface area contributed by atoms with Crippen molar-refractivity contribution in [3.8, 4) is 0 Å². The van der Waals surface area contributed by atoms with Crippen LogP contribution in [0.25, 0.3) is 0 Å². The van der Waals surface area contributed by atoms with Gasteiger partial charge in [0.15, 0.2) is 0 Å². The molecule has 3 heteroatoms. The van der Waals surface area contributed by atoms with Crippen molar-refractivity contribution in [3.05, 3.63) is 35.9 Å². The summed E-state index contributed by atoms with van der Waals surface area (Å²) in [4.78, 5) is 14.5. The molecule has 0 aromatic heterocycles. The van der Waals surface area contributed by atoms with Gasteiger partial charge < -0.3 is 9.64 Å². The van der Waals surface area contributed by atoms with E-state index < -0.39 is 0 Å². The average Bonchev–Trinajstić information content (AvgIpc) is 2.58. The van der Waals surface area contributed by atoms with Crippen LogP contribution in [0.3, 0.4) is 0 Å². The number of amides is 1. The van der Waals surface area contributed by atoms with Crippen molar-refractivity contribution in [1.29, 1.82) is 0 Å². The van der Waals surface area contributed by atoms with E-state index >= 15 is 0 Å². The fourth-order valence-electron chi connectivity index (χ4n) is 3.56. The van der Waals surface area contributed by atoms with Gasteiger partial charge in [-0.15, -0.1) is 0 Å². The number of nitrogens with zero attached hydrogens (tertiary/aromatic N) is 1. The second-order valence-electron chi connectivity index (χ2n) is 6.24. The largest absolute Gasteiger partial charge is 0.376 e. The molecule has 1 aliphatic rings. The van der Waals surface area contributed by atoms with Gasteiger partial charge >= 0.3 is 0 Å². The second kappa shape index (κ2) is 8.33. The molecule has 1 aliphatic heterocycles. The third-order valence-electron chi connectivity index (χ3n) is 5.00. The lowest BCUT2D eigenvalue weighted by molar-refractivity contribution is -0.138. The highest BCUT2D eigenvalue weighted by molar-refractivity contribution is 5.78. The minimum Gasteiger partial charge on any atom is -0.376 e. The molecule has 0 N–H and O–H groups in total. The molecule has 1 fully saturated rings. The molecule has 0 radical (unpaired) electrons. The summed E-state index contributed by atoms with van der Waals surface area (Å²) in [6, 6.07) is 10.4. The van der Waals surface area contributed by atoms with E-state index in [2.05, 4.69) is 43.0 Å². The normalized spacial score (nSPS) is 17.7. The van der Waals surface area contributed by atoms with Crippen molar-refractivity contribution in [2.75, 3.05) is 20.2 Å². The first-order valence-electron chi connectivity index (χ1n) is 8.57. The third kappa shape index (κ3) is 3.89. The molecular weight excluding hydrogens is 274 g/mol. The van der Waals surface area contributed by atoms with Crippen LogP contribution in [0.5, 0.6) is 0 Å². The van der Waals surface area contributed by atoms with E-state index in [0.717, 1.165) is 38.8 Å². The van der Waals surface area contributed by atoms with Crippen LogP contribution in [0.15, 0.2) is 30.3 Å². The average molecular weight is 303 g/mol. The molecule has 1 aromatic rings. The van der Waals surface area contributed by atoms with Gasteiger partial charge in [0.1, 0.15) is 0 Å². The number of ether oxygens (including phenoxy) is 1. The number of rotatable bonds is 6. The molecule has 0 bridgehead atoms. The van der Waals surface area contributed by atoms with Gasteiger partial charge in [0.2, 0.25) is 5.91 Å². The van der Waals surface area contributed by atoms with Gasteiger partial charge in [-0.2, -0.15) is 0 Å². The molecule has 1 heterocycles. The van der Waals surface area contributed by atoms with E-state index in [0.29, 0.717) is 11.8 Å². The van der Waals surface area contributed by atoms with E-state index in [1.165, 1.54) is 5.56 Å². The summed E-state index contributed by atoms with van der Waals surface area (Å²) in [7, 11) is 1.79. The molecule has 1 aromatic carbocycles. The van der Waals surface area contributed by atoms with E-state index in [-0.39, 0.29) is 12.0 Å². The maximum atomic E-state index is 12.5. The summed E-state index contributed by atoms with van der Waals surface area (Å²) in [5.41, 5.74) is 1.25. The van der Waals surface area contributed by atoms with Crippen molar-refractivity contribution >= 4 is 5.91 Å². The Hall–Kier alpha value is -1.35. The fraction of sp³-hybridized carbons (Fsp3) is 0.632. The van der Waals surface area contributed by atoms with Gasteiger partial charge in [-0.3, -0.25) is 4.79 Å². The quantitative estimate of drug-likeness (QED) is 0.793. The Morgan fingerprint density at radius 1 is 1.18 bits per heavy atom. The molecule has 0 spiro atoms. The maximum absolute atomic E-state index is 12.5. The Balaban J connectivity index is 1.95. The molecule has 3 nitrogen and oxygen atoms in total. The predicted octanol–water partition coefficient (Wildman–Crippen LogP) is 4.05. The van der Waals surface area contributed by atoms with E-state index in [1.807, 2.05) is 6.07 Å². The van der Waals surface area contributed by atoms with Gasteiger partial charge in [0.05, 0.1) is 6.10 Å². The highest BCUT2D eigenvalue weighted by Crippen LogP contribution is 2.33. The summed E-state index contributed by atoms with van der Waals surface area (Å²) in [5, 5.41) is 0. The number of benzene rings is 1. The first-order valence-corrected chi connectivity index (χ1v) is 8.57. The standard InChI is InChI=1S/C19H29NO2/c1-4-15(5-2)19(21)20-13-11-17(12-14-20)18(22-3)16-9-7-6-8-10-16/h6-10,15,17-18H,4-5,11-14H2,1-3H3. The Morgan fingerprint density at radius 3 is 2.27 bits per heavy atom. The molecule has 1 unspecified atom stereocenters. The number of hydrogen-bond donors (Lipinski definition) is 0. The molecule has 1 saturated heterocycles. The van der Waals surface area contributed by atoms with Crippen LogP contribution >= 0.6 is 0 Å².